The molecule has 1 N–H and O–H groups in total. The van der Waals surface area contributed by atoms with Gasteiger partial charge in [-0.3, -0.25) is 4.79 Å². The van der Waals surface area contributed by atoms with Crippen molar-refractivity contribution in [2.75, 3.05) is 18.4 Å². The van der Waals surface area contributed by atoms with Crippen molar-refractivity contribution in [3.8, 4) is 0 Å². The van der Waals surface area contributed by atoms with Gasteiger partial charge in [0.05, 0.1) is 10.6 Å². The highest BCUT2D eigenvalue weighted by molar-refractivity contribution is 7.89. The second-order valence-electron chi connectivity index (χ2n) is 6.26. The number of sulfonamides is 1. The van der Waals surface area contributed by atoms with Crippen molar-refractivity contribution < 1.29 is 17.6 Å². The Labute approximate surface area is 160 Å². The number of carbonyl (C=O) groups is 1. The quantitative estimate of drug-likeness (QED) is 0.744. The number of hydrogen-bond acceptors (Lipinski definition) is 3. The van der Waals surface area contributed by atoms with Crippen molar-refractivity contribution in [3.05, 3.63) is 59.4 Å². The van der Waals surface area contributed by atoms with Gasteiger partial charge >= 0.3 is 0 Å². The Kier molecular flexibility index (Phi) is 7.10. The third-order valence-corrected chi connectivity index (χ3v) is 6.37. The van der Waals surface area contributed by atoms with Gasteiger partial charge in [0, 0.05) is 19.5 Å². The van der Waals surface area contributed by atoms with Crippen molar-refractivity contribution in [2.45, 2.75) is 38.5 Å². The van der Waals surface area contributed by atoms with Gasteiger partial charge in [-0.15, -0.1) is 0 Å². The van der Waals surface area contributed by atoms with Gasteiger partial charge in [-0.1, -0.05) is 32.0 Å². The van der Waals surface area contributed by atoms with Gasteiger partial charge in [0.15, 0.2) is 0 Å². The molecule has 0 saturated carbocycles. The number of benzene rings is 2. The molecule has 2 rings (SSSR count). The summed E-state index contributed by atoms with van der Waals surface area (Å²) in [5, 5.41) is 2.56. The van der Waals surface area contributed by atoms with E-state index in [4.69, 9.17) is 0 Å². The fourth-order valence-corrected chi connectivity index (χ4v) is 4.19. The Bertz CT molecular complexity index is 892. The van der Waals surface area contributed by atoms with Crippen LogP contribution in [0.2, 0.25) is 0 Å². The van der Waals surface area contributed by atoms with Crippen molar-refractivity contribution in [2.24, 2.45) is 0 Å². The maximum absolute atomic E-state index is 13.8. The first kappa shape index (κ1) is 21.1. The molecule has 1 amide bonds. The number of rotatable bonds is 8. The van der Waals surface area contributed by atoms with E-state index in [1.165, 1.54) is 16.4 Å². The molecule has 5 nitrogen and oxygen atoms in total. The minimum atomic E-state index is -3.49. The molecule has 2 aromatic carbocycles. The monoisotopic (exact) mass is 392 g/mol. The summed E-state index contributed by atoms with van der Waals surface area (Å²) in [5.41, 5.74) is 1.78. The SMILES string of the molecule is CCN(CC)S(=O)(=O)c1ccc(CCC(=O)Nc2ccc(C)cc2F)cc1. The summed E-state index contributed by atoms with van der Waals surface area (Å²) in [6.07, 6.45) is 0.611. The lowest BCUT2D eigenvalue weighted by Gasteiger charge is -2.18. The van der Waals surface area contributed by atoms with Crippen LogP contribution in [0.3, 0.4) is 0 Å². The second-order valence-corrected chi connectivity index (χ2v) is 8.20. The van der Waals surface area contributed by atoms with Crippen LogP contribution < -0.4 is 5.32 Å². The normalized spacial score (nSPS) is 11.6. The van der Waals surface area contributed by atoms with E-state index in [1.807, 2.05) is 0 Å². The van der Waals surface area contributed by atoms with E-state index in [1.54, 1.807) is 51.1 Å². The van der Waals surface area contributed by atoms with E-state index in [2.05, 4.69) is 5.32 Å². The zero-order chi connectivity index (χ0) is 20.0. The molecule has 0 saturated heterocycles. The van der Waals surface area contributed by atoms with E-state index in [0.717, 1.165) is 11.1 Å². The molecule has 2 aromatic rings. The Morgan fingerprint density at radius 2 is 1.70 bits per heavy atom. The zero-order valence-corrected chi connectivity index (χ0v) is 16.6. The fraction of sp³-hybridized carbons (Fsp3) is 0.350. The Morgan fingerprint density at radius 3 is 2.26 bits per heavy atom. The van der Waals surface area contributed by atoms with Crippen LogP contribution >= 0.6 is 0 Å². The number of amides is 1. The molecule has 7 heteroatoms. The molecule has 0 aromatic heterocycles. The van der Waals surface area contributed by atoms with Crippen molar-refractivity contribution >= 4 is 21.6 Å². The first-order valence-electron chi connectivity index (χ1n) is 8.93. The van der Waals surface area contributed by atoms with E-state index in [9.17, 15) is 17.6 Å². The largest absolute Gasteiger partial charge is 0.324 e. The smallest absolute Gasteiger partial charge is 0.243 e. The number of halogens is 1. The van der Waals surface area contributed by atoms with Gasteiger partial charge < -0.3 is 5.32 Å². The minimum absolute atomic E-state index is 0.159. The van der Waals surface area contributed by atoms with Crippen LogP contribution in [0.1, 0.15) is 31.4 Å². The summed E-state index contributed by atoms with van der Waals surface area (Å²) in [6, 6.07) is 11.2. The molecule has 0 unspecified atom stereocenters. The molecule has 0 aliphatic carbocycles. The van der Waals surface area contributed by atoms with Crippen LogP contribution in [-0.2, 0) is 21.2 Å². The van der Waals surface area contributed by atoms with E-state index < -0.39 is 15.8 Å². The highest BCUT2D eigenvalue weighted by Crippen LogP contribution is 2.18. The average molecular weight is 392 g/mol. The summed E-state index contributed by atoms with van der Waals surface area (Å²) >= 11 is 0. The molecule has 0 heterocycles. The maximum atomic E-state index is 13.8. The Balaban J connectivity index is 1.97. The van der Waals surface area contributed by atoms with E-state index in [-0.39, 0.29) is 22.9 Å². The molecule has 0 fully saturated rings. The third-order valence-electron chi connectivity index (χ3n) is 4.31. The zero-order valence-electron chi connectivity index (χ0n) is 15.8. The summed E-state index contributed by atoms with van der Waals surface area (Å²) in [4.78, 5) is 12.3. The molecule has 27 heavy (non-hydrogen) atoms. The van der Waals surface area contributed by atoms with E-state index in [0.29, 0.717) is 19.5 Å². The van der Waals surface area contributed by atoms with Gasteiger partial charge in [0.2, 0.25) is 15.9 Å². The molecule has 0 bridgehead atoms. The average Bonchev–Trinajstić information content (AvgIpc) is 2.63. The first-order chi connectivity index (χ1) is 12.8. The standard InChI is InChI=1S/C20H25FN2O3S/c1-4-23(5-2)27(25,26)17-10-7-16(8-11-17)9-13-20(24)22-19-12-6-15(3)14-18(19)21/h6-8,10-12,14H,4-5,9,13H2,1-3H3,(H,22,24). The van der Waals surface area contributed by atoms with Gasteiger partial charge in [-0.2, -0.15) is 4.31 Å². The Morgan fingerprint density at radius 1 is 1.07 bits per heavy atom. The number of hydrogen-bond donors (Lipinski definition) is 1. The van der Waals surface area contributed by atoms with Crippen LogP contribution in [-0.4, -0.2) is 31.7 Å². The van der Waals surface area contributed by atoms with Crippen LogP contribution in [0.5, 0.6) is 0 Å². The van der Waals surface area contributed by atoms with Gasteiger partial charge in [0.25, 0.3) is 0 Å². The molecule has 146 valence electrons. The van der Waals surface area contributed by atoms with Crippen LogP contribution in [0.15, 0.2) is 47.4 Å². The Hall–Kier alpha value is -2.25. The minimum Gasteiger partial charge on any atom is -0.324 e. The summed E-state index contributed by atoms with van der Waals surface area (Å²) in [6.45, 7) is 6.20. The van der Waals surface area contributed by atoms with Crippen LogP contribution in [0.4, 0.5) is 10.1 Å². The maximum Gasteiger partial charge on any atom is 0.243 e. The van der Waals surface area contributed by atoms with Gasteiger partial charge in [-0.25, -0.2) is 12.8 Å². The van der Waals surface area contributed by atoms with Crippen LogP contribution in [0.25, 0.3) is 0 Å². The third kappa shape index (κ3) is 5.37. The molecule has 0 spiro atoms. The molecular formula is C20H25FN2O3S. The molecule has 0 radical (unpaired) electrons. The predicted octanol–water partition coefficient (Wildman–Crippen LogP) is 3.74. The molecule has 0 aliphatic rings. The second kappa shape index (κ2) is 9.10. The topological polar surface area (TPSA) is 66.5 Å². The summed E-state index contributed by atoms with van der Waals surface area (Å²) < 4.78 is 40.1. The highest BCUT2D eigenvalue weighted by atomic mass is 32.2. The lowest BCUT2D eigenvalue weighted by Crippen LogP contribution is -2.30. The summed E-state index contributed by atoms with van der Waals surface area (Å²) in [7, 11) is -3.49. The lowest BCUT2D eigenvalue weighted by atomic mass is 10.1. The summed E-state index contributed by atoms with van der Waals surface area (Å²) in [5.74, 6) is -0.757. The molecular weight excluding hydrogens is 367 g/mol. The van der Waals surface area contributed by atoms with Gasteiger partial charge in [0.1, 0.15) is 5.82 Å². The molecule has 0 atom stereocenters. The van der Waals surface area contributed by atoms with Crippen molar-refractivity contribution in [3.63, 3.8) is 0 Å². The predicted molar refractivity (Wildman–Crippen MR) is 105 cm³/mol. The van der Waals surface area contributed by atoms with Crippen LogP contribution in [0, 0.1) is 12.7 Å². The van der Waals surface area contributed by atoms with Gasteiger partial charge in [-0.05, 0) is 48.7 Å². The van der Waals surface area contributed by atoms with Crippen molar-refractivity contribution in [1.82, 2.24) is 4.31 Å². The number of nitrogens with one attached hydrogen (secondary N) is 1. The highest BCUT2D eigenvalue weighted by Gasteiger charge is 2.21. The molecule has 0 aliphatic heterocycles. The number of nitrogens with zero attached hydrogens (tertiary/aromatic N) is 1. The van der Waals surface area contributed by atoms with Crippen molar-refractivity contribution in [1.29, 1.82) is 0 Å². The lowest BCUT2D eigenvalue weighted by molar-refractivity contribution is -0.116. The fourth-order valence-electron chi connectivity index (χ4n) is 2.73. The number of carbonyl (C=O) groups excluding carboxylic acids is 1. The number of anilines is 1. The number of aryl methyl sites for hydroxylation is 2. The first-order valence-corrected chi connectivity index (χ1v) is 10.4. The van der Waals surface area contributed by atoms with E-state index >= 15 is 0 Å².